The number of nitrogens with one attached hydrogen (secondary N) is 2. The van der Waals surface area contributed by atoms with Crippen LogP contribution in [0.1, 0.15) is 31.2 Å². The lowest BCUT2D eigenvalue weighted by Crippen LogP contribution is -2.19. The topological polar surface area (TPSA) is 58.2 Å². The Hall–Kier alpha value is -2.14. The SMILES string of the molecule is Cc1ccsc1CNc1ccc2c(c1)C(=O)NC2=O. The zero-order valence-corrected chi connectivity index (χ0v) is 11.1. The second kappa shape index (κ2) is 4.51. The molecule has 1 aliphatic rings. The molecular weight excluding hydrogens is 260 g/mol. The number of fused-ring (bicyclic) bond motifs is 1. The summed E-state index contributed by atoms with van der Waals surface area (Å²) >= 11 is 1.70. The standard InChI is InChI=1S/C14H12N2O2S/c1-8-4-5-19-12(8)7-15-9-2-3-10-11(6-9)14(18)16-13(10)17/h2-6,15H,7H2,1H3,(H,16,17,18). The summed E-state index contributed by atoms with van der Waals surface area (Å²) in [5, 5.41) is 7.61. The normalized spacial score (nSPS) is 13.3. The fraction of sp³-hybridized carbons (Fsp3) is 0.143. The lowest BCUT2D eigenvalue weighted by molar-refractivity contribution is 0.0879. The van der Waals surface area contributed by atoms with E-state index in [1.165, 1.54) is 10.4 Å². The number of hydrogen-bond donors (Lipinski definition) is 2. The van der Waals surface area contributed by atoms with E-state index in [1.807, 2.05) is 6.07 Å². The highest BCUT2D eigenvalue weighted by Gasteiger charge is 2.26. The van der Waals surface area contributed by atoms with Crippen molar-refractivity contribution >= 4 is 28.8 Å². The zero-order chi connectivity index (χ0) is 13.4. The molecule has 96 valence electrons. The zero-order valence-electron chi connectivity index (χ0n) is 10.3. The molecule has 5 heteroatoms. The minimum atomic E-state index is -0.323. The van der Waals surface area contributed by atoms with Gasteiger partial charge in [0.1, 0.15) is 0 Å². The van der Waals surface area contributed by atoms with Crippen molar-refractivity contribution in [3.63, 3.8) is 0 Å². The highest BCUT2D eigenvalue weighted by atomic mass is 32.1. The van der Waals surface area contributed by atoms with Crippen LogP contribution in [0.15, 0.2) is 29.6 Å². The first-order chi connectivity index (χ1) is 9.15. The summed E-state index contributed by atoms with van der Waals surface area (Å²) < 4.78 is 0. The molecule has 0 radical (unpaired) electrons. The Morgan fingerprint density at radius 1 is 1.16 bits per heavy atom. The molecule has 2 N–H and O–H groups in total. The summed E-state index contributed by atoms with van der Waals surface area (Å²) in [5.41, 5.74) is 2.99. The number of thiophene rings is 1. The van der Waals surface area contributed by atoms with Crippen LogP contribution in [0.4, 0.5) is 5.69 Å². The molecule has 2 heterocycles. The van der Waals surface area contributed by atoms with Crippen LogP contribution < -0.4 is 10.6 Å². The van der Waals surface area contributed by atoms with Crippen molar-refractivity contribution in [1.82, 2.24) is 5.32 Å². The smallest absolute Gasteiger partial charge is 0.259 e. The summed E-state index contributed by atoms with van der Waals surface area (Å²) in [7, 11) is 0. The van der Waals surface area contributed by atoms with E-state index in [4.69, 9.17) is 0 Å². The van der Waals surface area contributed by atoms with Gasteiger partial charge in [-0.1, -0.05) is 0 Å². The number of carbonyl (C=O) groups is 2. The van der Waals surface area contributed by atoms with Gasteiger partial charge < -0.3 is 5.32 Å². The van der Waals surface area contributed by atoms with Crippen LogP contribution >= 0.6 is 11.3 Å². The third-order valence-electron chi connectivity index (χ3n) is 3.16. The second-order valence-electron chi connectivity index (χ2n) is 4.42. The molecule has 19 heavy (non-hydrogen) atoms. The molecule has 0 saturated carbocycles. The Morgan fingerprint density at radius 2 is 1.95 bits per heavy atom. The highest BCUT2D eigenvalue weighted by molar-refractivity contribution is 7.10. The molecule has 1 aromatic carbocycles. The number of benzene rings is 1. The summed E-state index contributed by atoms with van der Waals surface area (Å²) in [4.78, 5) is 24.2. The molecule has 0 atom stereocenters. The Morgan fingerprint density at radius 3 is 2.68 bits per heavy atom. The van der Waals surface area contributed by atoms with Crippen LogP contribution in [0.3, 0.4) is 0 Å². The molecule has 1 aliphatic heterocycles. The van der Waals surface area contributed by atoms with Crippen molar-refractivity contribution in [2.75, 3.05) is 5.32 Å². The predicted molar refractivity (Wildman–Crippen MR) is 74.6 cm³/mol. The number of amides is 2. The molecule has 2 amide bonds. The largest absolute Gasteiger partial charge is 0.380 e. The number of imide groups is 1. The van der Waals surface area contributed by atoms with Crippen LogP contribution in [-0.2, 0) is 6.54 Å². The minimum absolute atomic E-state index is 0.319. The maximum Gasteiger partial charge on any atom is 0.259 e. The summed E-state index contributed by atoms with van der Waals surface area (Å²) in [6.07, 6.45) is 0. The molecule has 2 aromatic rings. The molecule has 3 rings (SSSR count). The van der Waals surface area contributed by atoms with Crippen LogP contribution in [-0.4, -0.2) is 11.8 Å². The molecule has 0 spiro atoms. The van der Waals surface area contributed by atoms with Crippen molar-refractivity contribution < 1.29 is 9.59 Å². The van der Waals surface area contributed by atoms with Gasteiger partial charge in [0.15, 0.2) is 0 Å². The van der Waals surface area contributed by atoms with Crippen molar-refractivity contribution in [3.8, 4) is 0 Å². The predicted octanol–water partition coefficient (Wildman–Crippen LogP) is 2.55. The Kier molecular flexibility index (Phi) is 2.83. The average Bonchev–Trinajstić information content (AvgIpc) is 2.92. The van der Waals surface area contributed by atoms with Gasteiger partial charge in [0.25, 0.3) is 11.8 Å². The number of anilines is 1. The Bertz CT molecular complexity index is 676. The van der Waals surface area contributed by atoms with Crippen molar-refractivity contribution in [2.24, 2.45) is 0 Å². The van der Waals surface area contributed by atoms with Gasteiger partial charge in [0.2, 0.25) is 0 Å². The number of hydrogen-bond acceptors (Lipinski definition) is 4. The monoisotopic (exact) mass is 272 g/mol. The summed E-state index contributed by atoms with van der Waals surface area (Å²) in [6, 6.07) is 7.30. The van der Waals surface area contributed by atoms with Crippen molar-refractivity contribution in [3.05, 3.63) is 51.2 Å². The molecule has 0 aliphatic carbocycles. The molecule has 0 fully saturated rings. The van der Waals surface area contributed by atoms with E-state index in [-0.39, 0.29) is 11.8 Å². The van der Waals surface area contributed by atoms with Crippen LogP contribution in [0.2, 0.25) is 0 Å². The summed E-state index contributed by atoms with van der Waals surface area (Å²) in [5.74, 6) is -0.642. The van der Waals surface area contributed by atoms with Gasteiger partial charge in [-0.2, -0.15) is 0 Å². The first-order valence-electron chi connectivity index (χ1n) is 5.92. The summed E-state index contributed by atoms with van der Waals surface area (Å²) in [6.45, 7) is 2.79. The first-order valence-corrected chi connectivity index (χ1v) is 6.79. The van der Waals surface area contributed by atoms with Gasteiger partial charge in [0.05, 0.1) is 11.1 Å². The molecule has 0 unspecified atom stereocenters. The molecule has 4 nitrogen and oxygen atoms in total. The van der Waals surface area contributed by atoms with Gasteiger partial charge >= 0.3 is 0 Å². The lowest BCUT2D eigenvalue weighted by Gasteiger charge is -2.06. The molecule has 1 aromatic heterocycles. The van der Waals surface area contributed by atoms with Gasteiger partial charge in [0, 0.05) is 17.1 Å². The van der Waals surface area contributed by atoms with E-state index in [2.05, 4.69) is 29.0 Å². The average molecular weight is 272 g/mol. The van der Waals surface area contributed by atoms with E-state index in [9.17, 15) is 9.59 Å². The van der Waals surface area contributed by atoms with Crippen LogP contribution in [0.25, 0.3) is 0 Å². The fourth-order valence-electron chi connectivity index (χ4n) is 2.05. The van der Waals surface area contributed by atoms with Crippen molar-refractivity contribution in [1.29, 1.82) is 0 Å². The maximum absolute atomic E-state index is 11.6. The maximum atomic E-state index is 11.6. The van der Waals surface area contributed by atoms with Crippen LogP contribution in [0, 0.1) is 6.92 Å². The Balaban J connectivity index is 1.80. The first kappa shape index (κ1) is 11.9. The third-order valence-corrected chi connectivity index (χ3v) is 4.18. The Labute approximate surface area is 114 Å². The highest BCUT2D eigenvalue weighted by Crippen LogP contribution is 2.22. The van der Waals surface area contributed by atoms with E-state index in [0.717, 1.165) is 12.2 Å². The minimum Gasteiger partial charge on any atom is -0.380 e. The van der Waals surface area contributed by atoms with Gasteiger partial charge in [-0.3, -0.25) is 14.9 Å². The quantitative estimate of drug-likeness (QED) is 0.844. The van der Waals surface area contributed by atoms with Gasteiger partial charge in [-0.05, 0) is 42.1 Å². The molecular formula is C14H12N2O2S. The van der Waals surface area contributed by atoms with E-state index in [1.54, 1.807) is 23.5 Å². The van der Waals surface area contributed by atoms with Gasteiger partial charge in [-0.25, -0.2) is 0 Å². The molecule has 0 saturated heterocycles. The number of carbonyl (C=O) groups excluding carboxylic acids is 2. The molecule has 0 bridgehead atoms. The lowest BCUT2D eigenvalue weighted by atomic mass is 10.1. The number of rotatable bonds is 3. The van der Waals surface area contributed by atoms with E-state index < -0.39 is 0 Å². The fourth-order valence-corrected chi connectivity index (χ4v) is 2.89. The van der Waals surface area contributed by atoms with E-state index in [0.29, 0.717) is 11.1 Å². The number of aryl methyl sites for hydroxylation is 1. The third kappa shape index (κ3) is 2.13. The van der Waals surface area contributed by atoms with Gasteiger partial charge in [-0.15, -0.1) is 11.3 Å². The van der Waals surface area contributed by atoms with E-state index >= 15 is 0 Å². The van der Waals surface area contributed by atoms with Crippen LogP contribution in [0.5, 0.6) is 0 Å². The van der Waals surface area contributed by atoms with Crippen molar-refractivity contribution in [2.45, 2.75) is 13.5 Å². The second-order valence-corrected chi connectivity index (χ2v) is 5.42.